The van der Waals surface area contributed by atoms with Gasteiger partial charge < -0.3 is 20.3 Å². The van der Waals surface area contributed by atoms with E-state index in [4.69, 9.17) is 4.74 Å². The van der Waals surface area contributed by atoms with Gasteiger partial charge in [-0.1, -0.05) is 49.4 Å². The number of anilines is 1. The van der Waals surface area contributed by atoms with Crippen LogP contribution in [0.15, 0.2) is 48.5 Å². The Labute approximate surface area is 182 Å². The zero-order valence-corrected chi connectivity index (χ0v) is 18.0. The second-order valence-electron chi connectivity index (χ2n) is 7.41. The van der Waals surface area contributed by atoms with E-state index >= 15 is 0 Å². The molecule has 2 N–H and O–H groups in total. The number of rotatable bonds is 8. The molecule has 3 rings (SSSR count). The molecule has 3 amide bonds. The molecule has 0 aliphatic carbocycles. The summed E-state index contributed by atoms with van der Waals surface area (Å²) in [5, 5.41) is 5.73. The standard InChI is InChI=1S/C24H29N3O4/c1-3-22(28)27-13-12-19-14-17(10-11-21(19)27)16-25-24(30)26-20(15-23(29)31-4-2)18-8-6-5-7-9-18/h5-11,14,20H,3-4,12-13,15-16H2,1-2H3,(H2,25,26,30). The minimum Gasteiger partial charge on any atom is -0.466 e. The van der Waals surface area contributed by atoms with Crippen molar-refractivity contribution in [3.63, 3.8) is 0 Å². The summed E-state index contributed by atoms with van der Waals surface area (Å²) in [5.41, 5.74) is 3.87. The van der Waals surface area contributed by atoms with E-state index in [9.17, 15) is 14.4 Å². The topological polar surface area (TPSA) is 87.7 Å². The van der Waals surface area contributed by atoms with Crippen molar-refractivity contribution >= 4 is 23.6 Å². The summed E-state index contributed by atoms with van der Waals surface area (Å²) in [5.74, 6) is -0.237. The van der Waals surface area contributed by atoms with Crippen molar-refractivity contribution in [1.82, 2.24) is 10.6 Å². The van der Waals surface area contributed by atoms with Crippen LogP contribution >= 0.6 is 0 Å². The number of fused-ring (bicyclic) bond motifs is 1. The number of carbonyl (C=O) groups is 3. The van der Waals surface area contributed by atoms with Crippen LogP contribution in [0, 0.1) is 0 Å². The van der Waals surface area contributed by atoms with Gasteiger partial charge >= 0.3 is 12.0 Å². The van der Waals surface area contributed by atoms with Crippen LogP contribution in [0.25, 0.3) is 0 Å². The highest BCUT2D eigenvalue weighted by Gasteiger charge is 2.24. The first-order valence-electron chi connectivity index (χ1n) is 10.7. The van der Waals surface area contributed by atoms with Crippen molar-refractivity contribution in [3.8, 4) is 0 Å². The summed E-state index contributed by atoms with van der Waals surface area (Å²) >= 11 is 0. The Bertz CT molecular complexity index is 930. The van der Waals surface area contributed by atoms with Crippen molar-refractivity contribution in [2.75, 3.05) is 18.1 Å². The lowest BCUT2D eigenvalue weighted by Crippen LogP contribution is -2.38. The van der Waals surface area contributed by atoms with Crippen LogP contribution in [0.2, 0.25) is 0 Å². The predicted molar refractivity (Wildman–Crippen MR) is 119 cm³/mol. The average molecular weight is 424 g/mol. The lowest BCUT2D eigenvalue weighted by Gasteiger charge is -2.19. The average Bonchev–Trinajstić information content (AvgIpc) is 3.21. The van der Waals surface area contributed by atoms with E-state index in [0.717, 1.165) is 28.8 Å². The van der Waals surface area contributed by atoms with Crippen molar-refractivity contribution in [2.45, 2.75) is 45.7 Å². The molecule has 0 radical (unpaired) electrons. The Morgan fingerprint density at radius 2 is 1.87 bits per heavy atom. The minimum absolute atomic E-state index is 0.0609. The summed E-state index contributed by atoms with van der Waals surface area (Å²) < 4.78 is 5.04. The largest absolute Gasteiger partial charge is 0.466 e. The van der Waals surface area contributed by atoms with Crippen molar-refractivity contribution < 1.29 is 19.1 Å². The van der Waals surface area contributed by atoms with Gasteiger partial charge in [0, 0.05) is 25.2 Å². The van der Waals surface area contributed by atoms with Crippen LogP contribution in [0.3, 0.4) is 0 Å². The van der Waals surface area contributed by atoms with Crippen LogP contribution in [-0.2, 0) is 27.3 Å². The lowest BCUT2D eigenvalue weighted by molar-refractivity contribution is -0.143. The number of amides is 3. The number of nitrogens with one attached hydrogen (secondary N) is 2. The molecule has 0 spiro atoms. The van der Waals surface area contributed by atoms with Crippen LogP contribution < -0.4 is 15.5 Å². The molecular weight excluding hydrogens is 394 g/mol. The van der Waals surface area contributed by atoms with E-state index in [1.165, 1.54) is 0 Å². The molecule has 7 nitrogen and oxygen atoms in total. The van der Waals surface area contributed by atoms with Gasteiger partial charge in [0.15, 0.2) is 0 Å². The fourth-order valence-electron chi connectivity index (χ4n) is 3.73. The molecule has 0 saturated carbocycles. The first kappa shape index (κ1) is 22.3. The molecule has 2 aromatic carbocycles. The number of carbonyl (C=O) groups excluding carboxylic acids is 3. The maximum absolute atomic E-state index is 12.5. The van der Waals surface area contributed by atoms with Gasteiger partial charge in [0.25, 0.3) is 0 Å². The van der Waals surface area contributed by atoms with Gasteiger partial charge in [-0.2, -0.15) is 0 Å². The van der Waals surface area contributed by atoms with Gasteiger partial charge in [-0.15, -0.1) is 0 Å². The third-order valence-electron chi connectivity index (χ3n) is 5.28. The predicted octanol–water partition coefficient (Wildman–Crippen LogP) is 3.48. The van der Waals surface area contributed by atoms with E-state index in [1.54, 1.807) is 6.92 Å². The fourth-order valence-corrected chi connectivity index (χ4v) is 3.73. The molecule has 0 fully saturated rings. The zero-order valence-electron chi connectivity index (χ0n) is 18.0. The minimum atomic E-state index is -0.478. The van der Waals surface area contributed by atoms with Gasteiger partial charge in [0.05, 0.1) is 19.1 Å². The van der Waals surface area contributed by atoms with Gasteiger partial charge in [0.2, 0.25) is 5.91 Å². The maximum Gasteiger partial charge on any atom is 0.315 e. The molecule has 0 aromatic heterocycles. The SMILES string of the molecule is CCOC(=O)CC(NC(=O)NCc1ccc2c(c1)CCN2C(=O)CC)c1ccccc1. The Morgan fingerprint density at radius 3 is 2.58 bits per heavy atom. The number of hydrogen-bond donors (Lipinski definition) is 2. The maximum atomic E-state index is 12.5. The molecule has 2 aromatic rings. The Morgan fingerprint density at radius 1 is 1.10 bits per heavy atom. The van der Waals surface area contributed by atoms with Crippen molar-refractivity contribution in [1.29, 1.82) is 0 Å². The Kier molecular flexibility index (Phi) is 7.65. The molecule has 7 heteroatoms. The first-order valence-corrected chi connectivity index (χ1v) is 10.7. The summed E-state index contributed by atoms with van der Waals surface area (Å²) in [7, 11) is 0. The summed E-state index contributed by atoms with van der Waals surface area (Å²) in [6.45, 7) is 4.96. The molecule has 1 heterocycles. The van der Waals surface area contributed by atoms with Gasteiger partial charge in [-0.25, -0.2) is 4.79 Å². The first-order chi connectivity index (χ1) is 15.0. The summed E-state index contributed by atoms with van der Waals surface area (Å²) in [6.07, 6.45) is 1.36. The highest BCUT2D eigenvalue weighted by atomic mass is 16.5. The fraction of sp³-hybridized carbons (Fsp3) is 0.375. The van der Waals surface area contributed by atoms with E-state index < -0.39 is 6.04 Å². The molecule has 0 bridgehead atoms. The molecule has 0 saturated heterocycles. The second kappa shape index (κ2) is 10.6. The molecule has 1 aliphatic rings. The number of urea groups is 1. The van der Waals surface area contributed by atoms with E-state index in [-0.39, 0.29) is 24.3 Å². The molecular formula is C24H29N3O4. The number of nitrogens with zero attached hydrogens (tertiary/aromatic N) is 1. The number of esters is 1. The van der Waals surface area contributed by atoms with Crippen molar-refractivity contribution in [2.24, 2.45) is 0 Å². The third kappa shape index (κ3) is 5.84. The van der Waals surface area contributed by atoms with Crippen molar-refractivity contribution in [3.05, 3.63) is 65.2 Å². The van der Waals surface area contributed by atoms with Crippen LogP contribution in [-0.4, -0.2) is 31.1 Å². The molecule has 1 aliphatic heterocycles. The number of benzene rings is 2. The van der Waals surface area contributed by atoms with E-state index in [1.807, 2.05) is 60.4 Å². The quantitative estimate of drug-likeness (QED) is 0.637. The number of ether oxygens (including phenoxy) is 1. The third-order valence-corrected chi connectivity index (χ3v) is 5.28. The van der Waals surface area contributed by atoms with Crippen LogP contribution in [0.5, 0.6) is 0 Å². The van der Waals surface area contributed by atoms with E-state index in [0.29, 0.717) is 26.1 Å². The lowest BCUT2D eigenvalue weighted by atomic mass is 10.0. The summed E-state index contributed by atoms with van der Waals surface area (Å²) in [4.78, 5) is 38.4. The monoisotopic (exact) mass is 423 g/mol. The normalized spacial score (nSPS) is 13.3. The van der Waals surface area contributed by atoms with Crippen LogP contribution in [0.1, 0.15) is 49.4 Å². The zero-order chi connectivity index (χ0) is 22.2. The van der Waals surface area contributed by atoms with Gasteiger partial charge in [-0.3, -0.25) is 9.59 Å². The highest BCUT2D eigenvalue weighted by molar-refractivity contribution is 5.95. The molecule has 31 heavy (non-hydrogen) atoms. The molecule has 1 atom stereocenters. The second-order valence-corrected chi connectivity index (χ2v) is 7.41. The Hall–Kier alpha value is -3.35. The summed E-state index contributed by atoms with van der Waals surface area (Å²) in [6, 6.07) is 14.4. The molecule has 164 valence electrons. The van der Waals surface area contributed by atoms with Crippen LogP contribution in [0.4, 0.5) is 10.5 Å². The van der Waals surface area contributed by atoms with Gasteiger partial charge in [0.1, 0.15) is 0 Å². The van der Waals surface area contributed by atoms with E-state index in [2.05, 4.69) is 10.6 Å². The van der Waals surface area contributed by atoms with Gasteiger partial charge in [-0.05, 0) is 36.1 Å². The Balaban J connectivity index is 1.60. The molecule has 1 unspecified atom stereocenters. The smallest absolute Gasteiger partial charge is 0.315 e. The highest BCUT2D eigenvalue weighted by Crippen LogP contribution is 2.29. The number of hydrogen-bond acceptors (Lipinski definition) is 4.